The Labute approximate surface area is 103 Å². The second kappa shape index (κ2) is 5.98. The largest absolute Gasteiger partial charge is 0.320 e. The minimum absolute atomic E-state index is 0.0214. The van der Waals surface area contributed by atoms with Crippen LogP contribution < -0.4 is 11.1 Å². The molecule has 1 atom stereocenters. The van der Waals surface area contributed by atoms with E-state index in [0.717, 1.165) is 6.42 Å². The molecule has 0 radical (unpaired) electrons. The molecular weight excluding hydrogens is 251 g/mol. The summed E-state index contributed by atoms with van der Waals surface area (Å²) >= 11 is 11.2. The van der Waals surface area contributed by atoms with E-state index in [4.69, 9.17) is 28.9 Å². The standard InChI is InChI=1S/C9H12Cl2N4O/c1-2-3-5(12)8(16)14-7-4-6(10)13-9(11)15-7/h4-5H,2-3,12H2,1H3,(H,13,14,15,16)/t5-/m1/s1. The third kappa shape index (κ3) is 3.92. The summed E-state index contributed by atoms with van der Waals surface area (Å²) in [5.74, 6) is -0.0609. The molecule has 1 heterocycles. The zero-order chi connectivity index (χ0) is 12.1. The Morgan fingerprint density at radius 3 is 2.81 bits per heavy atom. The van der Waals surface area contributed by atoms with Crippen LogP contribution in [0.3, 0.4) is 0 Å². The van der Waals surface area contributed by atoms with E-state index >= 15 is 0 Å². The fourth-order valence-electron chi connectivity index (χ4n) is 1.11. The van der Waals surface area contributed by atoms with Crippen LogP contribution in [0.5, 0.6) is 0 Å². The van der Waals surface area contributed by atoms with Crippen molar-refractivity contribution in [2.45, 2.75) is 25.8 Å². The first kappa shape index (κ1) is 13.2. The average molecular weight is 263 g/mol. The van der Waals surface area contributed by atoms with Crippen LogP contribution in [0.4, 0.5) is 5.82 Å². The molecule has 0 aliphatic carbocycles. The van der Waals surface area contributed by atoms with Crippen LogP contribution in [0.1, 0.15) is 19.8 Å². The van der Waals surface area contributed by atoms with Crippen LogP contribution in [0.25, 0.3) is 0 Å². The number of halogens is 2. The summed E-state index contributed by atoms with van der Waals surface area (Å²) < 4.78 is 0. The van der Waals surface area contributed by atoms with Gasteiger partial charge < -0.3 is 11.1 Å². The van der Waals surface area contributed by atoms with Gasteiger partial charge in [0, 0.05) is 6.07 Å². The normalized spacial score (nSPS) is 12.2. The average Bonchev–Trinajstić information content (AvgIpc) is 2.16. The number of aromatic nitrogens is 2. The van der Waals surface area contributed by atoms with Crippen molar-refractivity contribution in [2.75, 3.05) is 5.32 Å². The number of anilines is 1. The van der Waals surface area contributed by atoms with Gasteiger partial charge in [-0.15, -0.1) is 0 Å². The molecule has 0 unspecified atom stereocenters. The molecule has 0 aromatic carbocycles. The molecule has 0 bridgehead atoms. The van der Waals surface area contributed by atoms with Gasteiger partial charge in [0.2, 0.25) is 11.2 Å². The Morgan fingerprint density at radius 1 is 1.56 bits per heavy atom. The lowest BCUT2D eigenvalue weighted by molar-refractivity contribution is -0.117. The monoisotopic (exact) mass is 262 g/mol. The molecule has 3 N–H and O–H groups in total. The summed E-state index contributed by atoms with van der Waals surface area (Å²) in [6.07, 6.45) is 1.44. The van der Waals surface area contributed by atoms with E-state index in [1.54, 1.807) is 0 Å². The van der Waals surface area contributed by atoms with Crippen LogP contribution in [0.15, 0.2) is 6.07 Å². The van der Waals surface area contributed by atoms with E-state index < -0.39 is 6.04 Å². The molecule has 1 amide bonds. The molecule has 1 aromatic heterocycles. The van der Waals surface area contributed by atoms with Crippen molar-refractivity contribution < 1.29 is 4.79 Å². The Bertz CT molecular complexity index is 366. The maximum atomic E-state index is 11.5. The number of carbonyl (C=O) groups is 1. The summed E-state index contributed by atoms with van der Waals surface area (Å²) in [6.45, 7) is 1.95. The third-order valence-electron chi connectivity index (χ3n) is 1.86. The molecule has 0 aliphatic rings. The van der Waals surface area contributed by atoms with E-state index in [1.807, 2.05) is 6.92 Å². The Hall–Kier alpha value is -0.910. The SMILES string of the molecule is CCC[C@@H](N)C(=O)Nc1cc(Cl)nc(Cl)n1. The summed E-state index contributed by atoms with van der Waals surface area (Å²) in [5.41, 5.74) is 5.63. The predicted octanol–water partition coefficient (Wildman–Crippen LogP) is 1.85. The Balaban J connectivity index is 2.69. The van der Waals surface area contributed by atoms with Crippen LogP contribution in [0.2, 0.25) is 10.4 Å². The van der Waals surface area contributed by atoms with E-state index in [9.17, 15) is 4.79 Å². The van der Waals surface area contributed by atoms with Gasteiger partial charge in [-0.2, -0.15) is 0 Å². The second-order valence-corrected chi connectivity index (χ2v) is 3.95. The van der Waals surface area contributed by atoms with Crippen molar-refractivity contribution in [1.29, 1.82) is 0 Å². The fourth-order valence-corrected chi connectivity index (χ4v) is 1.52. The van der Waals surface area contributed by atoms with Gasteiger partial charge in [-0.1, -0.05) is 24.9 Å². The van der Waals surface area contributed by atoms with Gasteiger partial charge in [-0.05, 0) is 18.0 Å². The first-order chi connectivity index (χ1) is 7.52. The highest BCUT2D eigenvalue weighted by Crippen LogP contribution is 2.14. The van der Waals surface area contributed by atoms with Gasteiger partial charge in [-0.25, -0.2) is 9.97 Å². The molecule has 88 valence electrons. The van der Waals surface area contributed by atoms with Gasteiger partial charge in [0.15, 0.2) is 0 Å². The van der Waals surface area contributed by atoms with Crippen molar-refractivity contribution in [3.63, 3.8) is 0 Å². The highest BCUT2D eigenvalue weighted by atomic mass is 35.5. The fraction of sp³-hybridized carbons (Fsp3) is 0.444. The van der Waals surface area contributed by atoms with Crippen molar-refractivity contribution >= 4 is 34.9 Å². The molecule has 0 aliphatic heterocycles. The van der Waals surface area contributed by atoms with E-state index in [2.05, 4.69) is 15.3 Å². The highest BCUT2D eigenvalue weighted by Gasteiger charge is 2.13. The van der Waals surface area contributed by atoms with Crippen molar-refractivity contribution in [3.8, 4) is 0 Å². The van der Waals surface area contributed by atoms with E-state index in [-0.39, 0.29) is 22.2 Å². The van der Waals surface area contributed by atoms with Crippen LogP contribution in [-0.2, 0) is 4.79 Å². The first-order valence-corrected chi connectivity index (χ1v) is 5.55. The van der Waals surface area contributed by atoms with Gasteiger partial charge in [-0.3, -0.25) is 4.79 Å². The van der Waals surface area contributed by atoms with Crippen molar-refractivity contribution in [3.05, 3.63) is 16.5 Å². The number of nitrogens with zero attached hydrogens (tertiary/aromatic N) is 2. The number of hydrogen-bond acceptors (Lipinski definition) is 4. The minimum atomic E-state index is -0.558. The molecule has 1 aromatic rings. The number of nitrogens with two attached hydrogens (primary N) is 1. The molecular formula is C9H12Cl2N4O. The lowest BCUT2D eigenvalue weighted by Gasteiger charge is -2.10. The lowest BCUT2D eigenvalue weighted by Crippen LogP contribution is -2.35. The van der Waals surface area contributed by atoms with Gasteiger partial charge in [0.1, 0.15) is 11.0 Å². The molecule has 0 fully saturated rings. The molecule has 5 nitrogen and oxygen atoms in total. The molecule has 16 heavy (non-hydrogen) atoms. The quantitative estimate of drug-likeness (QED) is 0.641. The predicted molar refractivity (Wildman–Crippen MR) is 63.6 cm³/mol. The molecule has 1 rings (SSSR count). The smallest absolute Gasteiger partial charge is 0.242 e. The second-order valence-electron chi connectivity index (χ2n) is 3.23. The zero-order valence-corrected chi connectivity index (χ0v) is 10.2. The van der Waals surface area contributed by atoms with Crippen LogP contribution >= 0.6 is 23.2 Å². The molecule has 0 saturated heterocycles. The number of carbonyl (C=O) groups excluding carboxylic acids is 1. The topological polar surface area (TPSA) is 80.9 Å². The van der Waals surface area contributed by atoms with Crippen molar-refractivity contribution in [2.24, 2.45) is 5.73 Å². The first-order valence-electron chi connectivity index (χ1n) is 4.79. The minimum Gasteiger partial charge on any atom is -0.320 e. The molecule has 0 spiro atoms. The third-order valence-corrected chi connectivity index (χ3v) is 2.22. The van der Waals surface area contributed by atoms with Crippen LogP contribution in [0, 0.1) is 0 Å². The Morgan fingerprint density at radius 2 is 2.25 bits per heavy atom. The van der Waals surface area contributed by atoms with E-state index in [0.29, 0.717) is 6.42 Å². The highest BCUT2D eigenvalue weighted by molar-refractivity contribution is 6.32. The van der Waals surface area contributed by atoms with Gasteiger partial charge in [0.05, 0.1) is 6.04 Å². The number of hydrogen-bond donors (Lipinski definition) is 2. The number of amides is 1. The number of rotatable bonds is 4. The molecule has 0 saturated carbocycles. The summed E-state index contributed by atoms with van der Waals surface area (Å²) in [5, 5.41) is 2.67. The summed E-state index contributed by atoms with van der Waals surface area (Å²) in [7, 11) is 0. The van der Waals surface area contributed by atoms with Gasteiger partial charge >= 0.3 is 0 Å². The maximum Gasteiger partial charge on any atom is 0.242 e. The zero-order valence-electron chi connectivity index (χ0n) is 8.70. The molecule has 7 heteroatoms. The lowest BCUT2D eigenvalue weighted by atomic mass is 10.2. The van der Waals surface area contributed by atoms with Crippen molar-refractivity contribution in [1.82, 2.24) is 9.97 Å². The number of nitrogens with one attached hydrogen (secondary N) is 1. The van der Waals surface area contributed by atoms with E-state index in [1.165, 1.54) is 6.07 Å². The Kier molecular flexibility index (Phi) is 4.92. The summed E-state index contributed by atoms with van der Waals surface area (Å²) in [4.78, 5) is 19.0. The summed E-state index contributed by atoms with van der Waals surface area (Å²) in [6, 6.07) is 0.849. The van der Waals surface area contributed by atoms with Crippen LogP contribution in [-0.4, -0.2) is 21.9 Å². The van der Waals surface area contributed by atoms with Gasteiger partial charge in [0.25, 0.3) is 0 Å². The maximum absolute atomic E-state index is 11.5.